The van der Waals surface area contributed by atoms with Crippen LogP contribution in [0.3, 0.4) is 0 Å². The predicted molar refractivity (Wildman–Crippen MR) is 76.4 cm³/mol. The molecule has 0 aliphatic heterocycles. The maximum Gasteiger partial charge on any atom is 0.348 e. The van der Waals surface area contributed by atoms with Gasteiger partial charge in [0.25, 0.3) is 11.9 Å². The summed E-state index contributed by atoms with van der Waals surface area (Å²) in [4.78, 5) is 29.8. The third-order valence-electron chi connectivity index (χ3n) is 2.32. The van der Waals surface area contributed by atoms with Crippen LogP contribution in [0.25, 0.3) is 0 Å². The molecule has 12 heteroatoms. The number of anilines is 1. The van der Waals surface area contributed by atoms with Crippen LogP contribution < -0.4 is 5.32 Å². The largest absolute Gasteiger partial charge is 0.348 e. The molecule has 1 aromatic carbocycles. The van der Waals surface area contributed by atoms with Crippen molar-refractivity contribution in [2.45, 2.75) is 6.29 Å². The number of amides is 1. The zero-order valence-electron chi connectivity index (χ0n) is 10.6. The zero-order chi connectivity index (χ0) is 16.5. The Kier molecular flexibility index (Phi) is 4.84. The van der Waals surface area contributed by atoms with Gasteiger partial charge in [-0.3, -0.25) is 9.36 Å². The monoisotopic (exact) mass is 368 g/mol. The Morgan fingerprint density at radius 3 is 2.64 bits per heavy atom. The van der Waals surface area contributed by atoms with Gasteiger partial charge in [0.1, 0.15) is 0 Å². The van der Waals surface area contributed by atoms with Gasteiger partial charge >= 0.3 is 7.60 Å². The Morgan fingerprint density at radius 1 is 1.36 bits per heavy atom. The van der Waals surface area contributed by atoms with E-state index in [9.17, 15) is 13.8 Å². The molecule has 0 atom stereocenters. The van der Waals surface area contributed by atoms with E-state index in [0.29, 0.717) is 9.82 Å². The first-order valence-electron chi connectivity index (χ1n) is 5.57. The normalized spacial score (nSPS) is 11.5. The van der Waals surface area contributed by atoms with Crippen LogP contribution >= 0.6 is 30.8 Å². The fraction of sp³-hybridized carbons (Fsp3) is 0.100. The van der Waals surface area contributed by atoms with Gasteiger partial charge in [0.15, 0.2) is 6.29 Å². The Bertz CT molecular complexity index is 778. The van der Waals surface area contributed by atoms with E-state index in [1.54, 1.807) is 0 Å². The summed E-state index contributed by atoms with van der Waals surface area (Å²) in [6.07, 6.45) is -0.946. The molecular formula is C10H8Cl2FN4O4P. The predicted octanol–water partition coefficient (Wildman–Crippen LogP) is 2.11. The maximum atomic E-state index is 13.5. The summed E-state index contributed by atoms with van der Waals surface area (Å²) in [6, 6.07) is 4.24. The highest BCUT2D eigenvalue weighted by atomic mass is 35.5. The first kappa shape index (κ1) is 16.9. The second kappa shape index (κ2) is 6.31. The molecule has 0 saturated heterocycles. The summed E-state index contributed by atoms with van der Waals surface area (Å²) in [6.45, 7) is 0. The first-order valence-corrected chi connectivity index (χ1v) is 8.12. The molecule has 1 amide bonds. The van der Waals surface area contributed by atoms with E-state index in [4.69, 9.17) is 33.0 Å². The van der Waals surface area contributed by atoms with Crippen molar-refractivity contribution in [3.05, 3.63) is 39.9 Å². The highest BCUT2D eigenvalue weighted by Crippen LogP contribution is 2.35. The van der Waals surface area contributed by atoms with Gasteiger partial charge in [-0.2, -0.15) is 9.19 Å². The molecule has 3 N–H and O–H groups in total. The summed E-state index contributed by atoms with van der Waals surface area (Å²) >= 11 is 11.6. The highest BCUT2D eigenvalue weighted by molar-refractivity contribution is 7.50. The SMILES string of the molecule is O=C(Nc1ccc(Cl)cc1Cl)c1nn(CP(=O)(O)O)nc1F. The quantitative estimate of drug-likeness (QED) is 0.711. The van der Waals surface area contributed by atoms with E-state index in [1.165, 1.54) is 18.2 Å². The summed E-state index contributed by atoms with van der Waals surface area (Å²) in [5, 5.41) is 9.29. The molecule has 0 fully saturated rings. The van der Waals surface area contributed by atoms with Crippen molar-refractivity contribution in [1.82, 2.24) is 15.0 Å². The minimum Gasteiger partial charge on any atom is -0.323 e. The molecule has 0 aliphatic rings. The topological polar surface area (TPSA) is 117 Å². The van der Waals surface area contributed by atoms with Crippen LogP contribution in [0.2, 0.25) is 10.0 Å². The Balaban J connectivity index is 2.21. The number of carbonyl (C=O) groups excluding carboxylic acids is 1. The van der Waals surface area contributed by atoms with Gasteiger partial charge < -0.3 is 15.1 Å². The molecule has 0 radical (unpaired) electrons. The maximum absolute atomic E-state index is 13.5. The van der Waals surface area contributed by atoms with Gasteiger partial charge in [-0.1, -0.05) is 23.2 Å². The third-order valence-corrected chi connectivity index (χ3v) is 3.49. The van der Waals surface area contributed by atoms with Crippen molar-refractivity contribution >= 4 is 42.4 Å². The summed E-state index contributed by atoms with van der Waals surface area (Å²) in [7, 11) is -4.50. The van der Waals surface area contributed by atoms with Crippen LogP contribution in [0.1, 0.15) is 10.5 Å². The minimum atomic E-state index is -4.50. The van der Waals surface area contributed by atoms with Crippen molar-refractivity contribution in [3.8, 4) is 0 Å². The average Bonchev–Trinajstić information content (AvgIpc) is 2.71. The molecular weight excluding hydrogens is 361 g/mol. The van der Waals surface area contributed by atoms with E-state index >= 15 is 0 Å². The van der Waals surface area contributed by atoms with Gasteiger partial charge in [-0.15, -0.1) is 10.2 Å². The Labute approximate surface area is 133 Å². The summed E-state index contributed by atoms with van der Waals surface area (Å²) in [5.41, 5.74) is -0.556. The fourth-order valence-corrected chi connectivity index (χ4v) is 2.38. The molecule has 2 aromatic rings. The van der Waals surface area contributed by atoms with E-state index in [0.717, 1.165) is 0 Å². The van der Waals surface area contributed by atoms with Crippen molar-refractivity contribution in [2.75, 3.05) is 5.32 Å². The molecule has 2 rings (SSSR count). The Morgan fingerprint density at radius 2 is 2.05 bits per heavy atom. The van der Waals surface area contributed by atoms with Crippen molar-refractivity contribution in [1.29, 1.82) is 0 Å². The van der Waals surface area contributed by atoms with Crippen LogP contribution in [0.4, 0.5) is 10.1 Å². The summed E-state index contributed by atoms with van der Waals surface area (Å²) < 4.78 is 24.3. The number of rotatable bonds is 4. The number of carbonyl (C=O) groups is 1. The number of benzene rings is 1. The molecule has 1 heterocycles. The number of aromatic nitrogens is 3. The van der Waals surface area contributed by atoms with Crippen molar-refractivity contribution < 1.29 is 23.5 Å². The number of hydrogen-bond donors (Lipinski definition) is 3. The van der Waals surface area contributed by atoms with E-state index in [-0.39, 0.29) is 10.7 Å². The van der Waals surface area contributed by atoms with Crippen LogP contribution in [-0.4, -0.2) is 30.7 Å². The number of nitrogens with one attached hydrogen (secondary N) is 1. The van der Waals surface area contributed by atoms with Crippen molar-refractivity contribution in [3.63, 3.8) is 0 Å². The third kappa shape index (κ3) is 4.25. The molecule has 0 aliphatic carbocycles. The highest BCUT2D eigenvalue weighted by Gasteiger charge is 2.23. The molecule has 0 saturated carbocycles. The fourth-order valence-electron chi connectivity index (χ4n) is 1.47. The second-order valence-corrected chi connectivity index (χ2v) is 6.55. The summed E-state index contributed by atoms with van der Waals surface area (Å²) in [5.74, 6) is -2.24. The van der Waals surface area contributed by atoms with E-state index in [1.807, 2.05) is 0 Å². The smallest absolute Gasteiger partial charge is 0.323 e. The van der Waals surface area contributed by atoms with Gasteiger partial charge in [0.2, 0.25) is 5.69 Å². The van der Waals surface area contributed by atoms with Crippen molar-refractivity contribution in [2.24, 2.45) is 0 Å². The molecule has 22 heavy (non-hydrogen) atoms. The lowest BCUT2D eigenvalue weighted by atomic mass is 10.3. The van der Waals surface area contributed by atoms with Gasteiger partial charge in [-0.05, 0) is 18.2 Å². The number of halogens is 3. The Hall–Kier alpha value is -1.51. The van der Waals surface area contributed by atoms with Gasteiger partial charge in [-0.25, -0.2) is 0 Å². The molecule has 118 valence electrons. The zero-order valence-corrected chi connectivity index (χ0v) is 13.0. The van der Waals surface area contributed by atoms with E-state index < -0.39 is 31.4 Å². The van der Waals surface area contributed by atoms with Crippen LogP contribution in [0.15, 0.2) is 18.2 Å². The van der Waals surface area contributed by atoms with Crippen LogP contribution in [0, 0.1) is 5.95 Å². The molecule has 1 aromatic heterocycles. The number of hydrogen-bond acceptors (Lipinski definition) is 4. The molecule has 0 bridgehead atoms. The van der Waals surface area contributed by atoms with Gasteiger partial charge in [0.05, 0.1) is 10.7 Å². The first-order chi connectivity index (χ1) is 10.2. The van der Waals surface area contributed by atoms with Crippen LogP contribution in [0.5, 0.6) is 0 Å². The van der Waals surface area contributed by atoms with Crippen LogP contribution in [-0.2, 0) is 10.9 Å². The minimum absolute atomic E-state index is 0.129. The standard InChI is InChI=1S/C10H8Cl2FN4O4P/c11-5-1-2-7(6(12)3-5)14-10(18)8-9(13)16-17(15-8)4-22(19,20)21/h1-3H,4H2,(H,14,18)(H2,19,20,21). The lowest BCUT2D eigenvalue weighted by Crippen LogP contribution is -2.15. The lowest BCUT2D eigenvalue weighted by Gasteiger charge is -2.05. The lowest BCUT2D eigenvalue weighted by molar-refractivity contribution is 0.101. The number of nitrogens with zero attached hydrogens (tertiary/aromatic N) is 3. The molecule has 8 nitrogen and oxygen atoms in total. The average molecular weight is 369 g/mol. The molecule has 0 spiro atoms. The second-order valence-electron chi connectivity index (χ2n) is 4.10. The van der Waals surface area contributed by atoms with Gasteiger partial charge in [0, 0.05) is 5.02 Å². The van der Waals surface area contributed by atoms with E-state index in [2.05, 4.69) is 15.5 Å². The molecule has 0 unspecified atom stereocenters.